The van der Waals surface area contributed by atoms with Crippen LogP contribution in [0.3, 0.4) is 0 Å². The fourth-order valence-electron chi connectivity index (χ4n) is 3.54. The monoisotopic (exact) mass is 329 g/mol. The van der Waals surface area contributed by atoms with E-state index < -0.39 is 0 Å². The van der Waals surface area contributed by atoms with Gasteiger partial charge in [-0.1, -0.05) is 0 Å². The molecule has 0 saturated carbocycles. The number of rotatable bonds is 3. The van der Waals surface area contributed by atoms with Crippen LogP contribution >= 0.6 is 0 Å². The van der Waals surface area contributed by atoms with Gasteiger partial charge in [0.05, 0.1) is 13.7 Å². The number of ether oxygens (including phenoxy) is 2. The summed E-state index contributed by atoms with van der Waals surface area (Å²) in [5, 5.41) is 11.2. The van der Waals surface area contributed by atoms with Gasteiger partial charge in [0.1, 0.15) is 17.8 Å². The number of methoxy groups -OCH3 is 1. The summed E-state index contributed by atoms with van der Waals surface area (Å²) in [6.07, 6.45) is 3.52. The van der Waals surface area contributed by atoms with Crippen LogP contribution in [0.1, 0.15) is 23.2 Å². The van der Waals surface area contributed by atoms with Crippen molar-refractivity contribution in [3.63, 3.8) is 0 Å². The molecule has 0 aliphatic carbocycles. The Balaban J connectivity index is 1.60. The summed E-state index contributed by atoms with van der Waals surface area (Å²) < 4.78 is 12.4. The van der Waals surface area contributed by atoms with Crippen LogP contribution in [0.5, 0.6) is 5.75 Å². The number of hydrogen-bond donors (Lipinski definition) is 0. The highest BCUT2D eigenvalue weighted by molar-refractivity contribution is 5.95. The van der Waals surface area contributed by atoms with Crippen molar-refractivity contribution in [2.75, 3.05) is 33.4 Å². The molecule has 0 N–H and O–H groups in total. The lowest BCUT2D eigenvalue weighted by molar-refractivity contribution is 0.0765. The number of carbonyl (C=O) groups excluding carboxylic acids is 1. The first-order chi connectivity index (χ1) is 11.7. The van der Waals surface area contributed by atoms with Crippen LogP contribution in [0.2, 0.25) is 0 Å². The van der Waals surface area contributed by atoms with Crippen molar-refractivity contribution < 1.29 is 14.3 Å². The maximum Gasteiger partial charge on any atom is 0.253 e. The van der Waals surface area contributed by atoms with Crippen LogP contribution in [-0.2, 0) is 4.74 Å². The van der Waals surface area contributed by atoms with Crippen molar-refractivity contribution in [3.05, 3.63) is 30.1 Å². The van der Waals surface area contributed by atoms with Crippen LogP contribution in [0, 0.1) is 5.41 Å². The molecular weight excluding hydrogens is 310 g/mol. The molecule has 1 aromatic carbocycles. The Morgan fingerprint density at radius 3 is 3.00 bits per heavy atom. The van der Waals surface area contributed by atoms with Crippen LogP contribution in [0.15, 0.2) is 24.5 Å². The van der Waals surface area contributed by atoms with E-state index in [9.17, 15) is 4.79 Å². The third-order valence-electron chi connectivity index (χ3n) is 4.93. The predicted molar refractivity (Wildman–Crippen MR) is 84.1 cm³/mol. The zero-order valence-corrected chi connectivity index (χ0v) is 13.5. The molecule has 3 heterocycles. The molecule has 2 aromatic rings. The second-order valence-corrected chi connectivity index (χ2v) is 6.42. The number of hydrogen-bond acceptors (Lipinski definition) is 6. The van der Waals surface area contributed by atoms with E-state index in [1.165, 1.54) is 11.0 Å². The Morgan fingerprint density at radius 1 is 1.38 bits per heavy atom. The Morgan fingerprint density at radius 2 is 2.29 bits per heavy atom. The number of nitrogens with zero attached hydrogens (tertiary/aromatic N) is 5. The average molecular weight is 329 g/mol. The Kier molecular flexibility index (Phi) is 3.68. The van der Waals surface area contributed by atoms with Crippen LogP contribution in [-0.4, -0.2) is 64.4 Å². The molecule has 1 aromatic heterocycles. The van der Waals surface area contributed by atoms with Crippen molar-refractivity contribution >= 4 is 5.91 Å². The summed E-state index contributed by atoms with van der Waals surface area (Å²) in [7, 11) is 1.58. The quantitative estimate of drug-likeness (QED) is 0.833. The van der Waals surface area contributed by atoms with Gasteiger partial charge in [-0.15, -0.1) is 5.10 Å². The number of amides is 1. The molecular formula is C16H19N5O3. The third-order valence-corrected chi connectivity index (χ3v) is 4.93. The second kappa shape index (κ2) is 5.86. The molecule has 126 valence electrons. The summed E-state index contributed by atoms with van der Waals surface area (Å²) in [6, 6.07) is 5.33. The maximum atomic E-state index is 12.9. The number of carbonyl (C=O) groups is 1. The van der Waals surface area contributed by atoms with Crippen LogP contribution in [0.25, 0.3) is 5.69 Å². The Bertz CT molecular complexity index is 740. The summed E-state index contributed by atoms with van der Waals surface area (Å²) in [5.41, 5.74) is 1.41. The number of benzene rings is 1. The maximum absolute atomic E-state index is 12.9. The van der Waals surface area contributed by atoms with Gasteiger partial charge in [0.25, 0.3) is 5.91 Å². The predicted octanol–water partition coefficient (Wildman–Crippen LogP) is 0.923. The zero-order chi connectivity index (χ0) is 16.6. The molecule has 4 rings (SSSR count). The van der Waals surface area contributed by atoms with E-state index in [1.807, 2.05) is 4.90 Å². The minimum Gasteiger partial charge on any atom is -0.494 e. The number of aromatic nitrogens is 4. The molecule has 1 spiro atoms. The highest BCUT2D eigenvalue weighted by Gasteiger charge is 2.42. The van der Waals surface area contributed by atoms with E-state index in [4.69, 9.17) is 9.47 Å². The molecule has 0 radical (unpaired) electrons. The first-order valence-corrected chi connectivity index (χ1v) is 7.99. The van der Waals surface area contributed by atoms with Gasteiger partial charge in [-0.05, 0) is 41.5 Å². The van der Waals surface area contributed by atoms with Gasteiger partial charge in [-0.3, -0.25) is 4.79 Å². The Labute approximate surface area is 139 Å². The van der Waals surface area contributed by atoms with Gasteiger partial charge in [0.15, 0.2) is 0 Å². The van der Waals surface area contributed by atoms with Gasteiger partial charge in [0, 0.05) is 30.7 Å². The molecule has 2 saturated heterocycles. The van der Waals surface area contributed by atoms with Crippen molar-refractivity contribution in [3.8, 4) is 11.4 Å². The van der Waals surface area contributed by atoms with Gasteiger partial charge in [-0.2, -0.15) is 4.68 Å². The van der Waals surface area contributed by atoms with Gasteiger partial charge >= 0.3 is 0 Å². The molecule has 1 amide bonds. The zero-order valence-electron chi connectivity index (χ0n) is 13.5. The topological polar surface area (TPSA) is 82.4 Å². The molecule has 0 bridgehead atoms. The van der Waals surface area contributed by atoms with E-state index in [0.29, 0.717) is 17.0 Å². The van der Waals surface area contributed by atoms with E-state index in [1.54, 1.807) is 25.3 Å². The lowest BCUT2D eigenvalue weighted by Gasteiger charge is -2.22. The first kappa shape index (κ1) is 15.1. The smallest absolute Gasteiger partial charge is 0.253 e. The SMILES string of the molecule is COc1ccc(C(=O)N2CCC3(CCOC3)C2)cc1-n1cnnn1. The van der Waals surface area contributed by atoms with Crippen molar-refractivity contribution in [2.45, 2.75) is 12.8 Å². The molecule has 2 aliphatic rings. The van der Waals surface area contributed by atoms with Crippen LogP contribution < -0.4 is 4.74 Å². The molecule has 2 fully saturated rings. The second-order valence-electron chi connectivity index (χ2n) is 6.42. The molecule has 8 heteroatoms. The third kappa shape index (κ3) is 2.52. The first-order valence-electron chi connectivity index (χ1n) is 7.99. The van der Waals surface area contributed by atoms with E-state index in [0.717, 1.165) is 39.1 Å². The van der Waals surface area contributed by atoms with E-state index in [-0.39, 0.29) is 11.3 Å². The molecule has 1 unspecified atom stereocenters. The summed E-state index contributed by atoms with van der Waals surface area (Å²) in [6.45, 7) is 3.09. The van der Waals surface area contributed by atoms with Crippen molar-refractivity contribution in [1.29, 1.82) is 0 Å². The molecule has 1 atom stereocenters. The highest BCUT2D eigenvalue weighted by atomic mass is 16.5. The fraction of sp³-hybridized carbons (Fsp3) is 0.500. The van der Waals surface area contributed by atoms with E-state index in [2.05, 4.69) is 15.5 Å². The summed E-state index contributed by atoms with van der Waals surface area (Å²) in [4.78, 5) is 14.8. The molecule has 24 heavy (non-hydrogen) atoms. The normalized spacial score (nSPS) is 23.1. The molecule has 2 aliphatic heterocycles. The molecule has 8 nitrogen and oxygen atoms in total. The standard InChI is InChI=1S/C16H19N5O3/c1-23-14-3-2-12(8-13(14)21-11-17-18-19-21)15(22)20-6-4-16(9-20)5-7-24-10-16/h2-3,8,11H,4-7,9-10H2,1H3. The fourth-order valence-corrected chi connectivity index (χ4v) is 3.54. The largest absolute Gasteiger partial charge is 0.494 e. The number of likely N-dealkylation sites (tertiary alicyclic amines) is 1. The van der Waals surface area contributed by atoms with Gasteiger partial charge in [-0.25, -0.2) is 0 Å². The minimum atomic E-state index is 0.0238. The Hall–Kier alpha value is -2.48. The lowest BCUT2D eigenvalue weighted by atomic mass is 9.87. The van der Waals surface area contributed by atoms with Crippen LogP contribution in [0.4, 0.5) is 0 Å². The lowest BCUT2D eigenvalue weighted by Crippen LogP contribution is -2.32. The summed E-state index contributed by atoms with van der Waals surface area (Å²) >= 11 is 0. The van der Waals surface area contributed by atoms with E-state index >= 15 is 0 Å². The van der Waals surface area contributed by atoms with Crippen molar-refractivity contribution in [2.24, 2.45) is 5.41 Å². The highest BCUT2D eigenvalue weighted by Crippen LogP contribution is 2.38. The summed E-state index contributed by atoms with van der Waals surface area (Å²) in [5.74, 6) is 0.636. The minimum absolute atomic E-state index is 0.0238. The van der Waals surface area contributed by atoms with Gasteiger partial charge < -0.3 is 14.4 Å². The average Bonchev–Trinajstić information content (AvgIpc) is 3.37. The van der Waals surface area contributed by atoms with Crippen molar-refractivity contribution in [1.82, 2.24) is 25.1 Å². The van der Waals surface area contributed by atoms with Gasteiger partial charge in [0.2, 0.25) is 0 Å². The number of tetrazole rings is 1.